The monoisotopic (exact) mass is 380 g/mol. The molecule has 0 aliphatic rings. The number of allylic oxidation sites excluding steroid dienone is 1. The van der Waals surface area contributed by atoms with Gasteiger partial charge in [-0.1, -0.05) is 6.58 Å². The molecule has 0 saturated carbocycles. The van der Waals surface area contributed by atoms with Crippen LogP contribution in [0.1, 0.15) is 13.8 Å². The lowest BCUT2D eigenvalue weighted by Crippen LogP contribution is -2.28. The Morgan fingerprint density at radius 3 is 1.80 bits per heavy atom. The molecule has 0 heterocycles. The predicted molar refractivity (Wildman–Crippen MR) is 109 cm³/mol. The molecule has 0 atom stereocenters. The third kappa shape index (κ3) is 8.31. The summed E-state index contributed by atoms with van der Waals surface area (Å²) in [4.78, 5) is 0. The van der Waals surface area contributed by atoms with Crippen molar-refractivity contribution in [2.75, 3.05) is 6.61 Å². The zero-order valence-electron chi connectivity index (χ0n) is 16.9. The van der Waals surface area contributed by atoms with Gasteiger partial charge < -0.3 is 18.3 Å². The Kier molecular flexibility index (Phi) is 7.37. The minimum absolute atomic E-state index is 0.517. The van der Waals surface area contributed by atoms with E-state index >= 15 is 0 Å². The lowest BCUT2D eigenvalue weighted by atomic mass is 10.3. The van der Waals surface area contributed by atoms with Crippen LogP contribution in [0, 0.1) is 0 Å². The van der Waals surface area contributed by atoms with E-state index in [-0.39, 0.29) is 0 Å². The van der Waals surface area contributed by atoms with Gasteiger partial charge in [-0.25, -0.2) is 0 Å². The first-order valence-electron chi connectivity index (χ1n) is 8.60. The molecule has 0 radical (unpaired) electrons. The van der Waals surface area contributed by atoms with E-state index in [2.05, 4.69) is 45.9 Å². The van der Waals surface area contributed by atoms with Crippen LogP contribution in [-0.4, -0.2) is 23.2 Å². The van der Waals surface area contributed by atoms with Crippen LogP contribution >= 0.6 is 0 Å². The molecular formula is C19H32O4Si2. The summed E-state index contributed by atoms with van der Waals surface area (Å²) in [6, 6.07) is 7.50. The van der Waals surface area contributed by atoms with Crippen LogP contribution in [0.3, 0.4) is 0 Å². The van der Waals surface area contributed by atoms with Crippen molar-refractivity contribution in [1.29, 1.82) is 0 Å². The number of benzene rings is 1. The molecule has 1 aromatic carbocycles. The third-order valence-electron chi connectivity index (χ3n) is 2.82. The summed E-state index contributed by atoms with van der Waals surface area (Å²) in [6.07, 6.45) is 0. The first kappa shape index (κ1) is 21.4. The highest BCUT2D eigenvalue weighted by Gasteiger charge is 2.24. The number of ether oxygens (including phenoxy) is 2. The van der Waals surface area contributed by atoms with Gasteiger partial charge in [0.15, 0.2) is 0 Å². The Bertz CT molecular complexity index is 608. The van der Waals surface area contributed by atoms with Crippen molar-refractivity contribution in [2.24, 2.45) is 0 Å². The van der Waals surface area contributed by atoms with Crippen LogP contribution in [0.2, 0.25) is 39.3 Å². The average Bonchev–Trinajstić information content (AvgIpc) is 2.42. The molecule has 0 saturated heterocycles. The largest absolute Gasteiger partial charge is 0.545 e. The number of hydrogen-bond donors (Lipinski definition) is 0. The summed E-state index contributed by atoms with van der Waals surface area (Å²) < 4.78 is 23.7. The summed E-state index contributed by atoms with van der Waals surface area (Å²) in [6.45, 7) is 21.3. The van der Waals surface area contributed by atoms with E-state index in [1.165, 1.54) is 0 Å². The van der Waals surface area contributed by atoms with E-state index in [9.17, 15) is 0 Å². The summed E-state index contributed by atoms with van der Waals surface area (Å²) in [5.41, 5.74) is 0. The molecule has 140 valence electrons. The molecule has 0 N–H and O–H groups in total. The first-order valence-corrected chi connectivity index (χ1v) is 15.4. The molecule has 1 rings (SSSR count). The zero-order valence-corrected chi connectivity index (χ0v) is 18.9. The van der Waals surface area contributed by atoms with E-state index < -0.39 is 16.6 Å². The molecule has 0 aliphatic carbocycles. The van der Waals surface area contributed by atoms with Crippen molar-refractivity contribution in [1.82, 2.24) is 0 Å². The maximum absolute atomic E-state index is 6.11. The van der Waals surface area contributed by atoms with Gasteiger partial charge in [-0.3, -0.25) is 0 Å². The van der Waals surface area contributed by atoms with E-state index in [1.54, 1.807) is 0 Å². The van der Waals surface area contributed by atoms with Crippen LogP contribution < -0.4 is 9.47 Å². The van der Waals surface area contributed by atoms with Crippen molar-refractivity contribution in [2.45, 2.75) is 53.1 Å². The van der Waals surface area contributed by atoms with Gasteiger partial charge in [0.2, 0.25) is 22.4 Å². The molecule has 0 unspecified atom stereocenters. The minimum Gasteiger partial charge on any atom is -0.545 e. The summed E-state index contributed by atoms with van der Waals surface area (Å²) in [5, 5.41) is 0. The lowest BCUT2D eigenvalue weighted by molar-refractivity contribution is 0.306. The Balaban J connectivity index is 3.09. The Labute approximate surface area is 154 Å². The molecule has 1 aromatic rings. The van der Waals surface area contributed by atoms with E-state index in [0.717, 1.165) is 5.75 Å². The topological polar surface area (TPSA) is 36.9 Å². The predicted octanol–water partition coefficient (Wildman–Crippen LogP) is 5.91. The molecule has 0 spiro atoms. The quantitative estimate of drug-likeness (QED) is 0.303. The van der Waals surface area contributed by atoms with Gasteiger partial charge in [-0.15, -0.1) is 0 Å². The van der Waals surface area contributed by atoms with Gasteiger partial charge in [0.1, 0.15) is 23.0 Å². The normalized spacial score (nSPS) is 13.0. The second kappa shape index (κ2) is 8.62. The van der Waals surface area contributed by atoms with Crippen LogP contribution in [0.4, 0.5) is 0 Å². The van der Waals surface area contributed by atoms with E-state index in [1.807, 2.05) is 38.1 Å². The van der Waals surface area contributed by atoms with E-state index in [4.69, 9.17) is 18.3 Å². The second-order valence-corrected chi connectivity index (χ2v) is 16.6. The smallest absolute Gasteiger partial charge is 0.242 e. The highest BCUT2D eigenvalue weighted by molar-refractivity contribution is 6.70. The second-order valence-electron chi connectivity index (χ2n) is 7.74. The van der Waals surface area contributed by atoms with Gasteiger partial charge >= 0.3 is 0 Å². The Hall–Kier alpha value is -1.67. The van der Waals surface area contributed by atoms with Crippen molar-refractivity contribution in [3.8, 4) is 11.5 Å². The molecular weight excluding hydrogens is 348 g/mol. The molecule has 0 aromatic heterocycles. The molecule has 6 heteroatoms. The van der Waals surface area contributed by atoms with Gasteiger partial charge in [0.25, 0.3) is 0 Å². The molecule has 25 heavy (non-hydrogen) atoms. The highest BCUT2D eigenvalue weighted by atomic mass is 28.4. The summed E-state index contributed by atoms with van der Waals surface area (Å²) in [5.74, 6) is 3.28. The standard InChI is InChI=1S/C19H32O4Si2/c1-10-20-17-11-13-18(14-12-17)21-19(15(2)22-24(4,5)6)16(3)23-25(7,8)9/h11-14H,2,10H2,1,3-9H3/b19-16+. The van der Waals surface area contributed by atoms with Crippen molar-refractivity contribution < 1.29 is 18.3 Å². The fraction of sp³-hybridized carbons (Fsp3) is 0.474. The molecule has 4 nitrogen and oxygen atoms in total. The van der Waals surface area contributed by atoms with Crippen molar-refractivity contribution in [3.63, 3.8) is 0 Å². The fourth-order valence-corrected chi connectivity index (χ4v) is 3.98. The summed E-state index contributed by atoms with van der Waals surface area (Å²) >= 11 is 0. The SMILES string of the molecule is C=C(O[Si](C)(C)C)/C(Oc1ccc(OCC)cc1)=C(/C)O[Si](C)(C)C. The van der Waals surface area contributed by atoms with Crippen molar-refractivity contribution in [3.05, 3.63) is 48.1 Å². The highest BCUT2D eigenvalue weighted by Crippen LogP contribution is 2.27. The van der Waals surface area contributed by atoms with Gasteiger partial charge in [0, 0.05) is 0 Å². The molecule has 0 amide bonds. The van der Waals surface area contributed by atoms with Crippen LogP contribution in [0.15, 0.2) is 48.1 Å². The summed E-state index contributed by atoms with van der Waals surface area (Å²) in [7, 11) is -3.57. The van der Waals surface area contributed by atoms with Gasteiger partial charge in [-0.05, 0) is 77.4 Å². The third-order valence-corrected chi connectivity index (χ3v) is 4.59. The van der Waals surface area contributed by atoms with Gasteiger partial charge in [0.05, 0.1) is 6.61 Å². The van der Waals surface area contributed by atoms with Crippen molar-refractivity contribution >= 4 is 16.6 Å². The first-order chi connectivity index (χ1) is 11.4. The zero-order chi connectivity index (χ0) is 19.3. The molecule has 0 bridgehead atoms. The Morgan fingerprint density at radius 2 is 1.36 bits per heavy atom. The van der Waals surface area contributed by atoms with Crippen LogP contribution in [0.5, 0.6) is 11.5 Å². The van der Waals surface area contributed by atoms with E-state index in [0.29, 0.717) is 29.6 Å². The van der Waals surface area contributed by atoms with Gasteiger partial charge in [-0.2, -0.15) is 0 Å². The maximum Gasteiger partial charge on any atom is 0.242 e. The Morgan fingerprint density at radius 1 is 0.880 bits per heavy atom. The number of rotatable bonds is 9. The average molecular weight is 381 g/mol. The lowest BCUT2D eigenvalue weighted by Gasteiger charge is -2.26. The molecule has 0 aliphatic heterocycles. The van der Waals surface area contributed by atoms with Crippen LogP contribution in [0.25, 0.3) is 0 Å². The van der Waals surface area contributed by atoms with Crippen LogP contribution in [-0.2, 0) is 8.85 Å². The number of hydrogen-bond acceptors (Lipinski definition) is 4. The maximum atomic E-state index is 6.11. The minimum atomic E-state index is -1.80. The molecule has 0 fully saturated rings. The fourth-order valence-electron chi connectivity index (χ4n) is 2.14.